The molecule has 3 aromatic rings. The monoisotopic (exact) mass is 333 g/mol. The summed E-state index contributed by atoms with van der Waals surface area (Å²) in [4.78, 5) is 8.49. The Bertz CT molecular complexity index is 725. The van der Waals surface area contributed by atoms with Crippen molar-refractivity contribution in [2.24, 2.45) is 5.84 Å². The van der Waals surface area contributed by atoms with Crippen molar-refractivity contribution in [3.63, 3.8) is 0 Å². The number of nitrogens with zero attached hydrogens (tertiary/aromatic N) is 3. The molecule has 0 amide bonds. The molecule has 0 atom stereocenters. The van der Waals surface area contributed by atoms with Crippen LogP contribution in [-0.4, -0.2) is 14.4 Å². The Balaban J connectivity index is 1.86. The third-order valence-electron chi connectivity index (χ3n) is 2.78. The summed E-state index contributed by atoms with van der Waals surface area (Å²) < 4.78 is 8.58. The number of hydrogen-bond donors (Lipinski definition) is 2. The van der Waals surface area contributed by atoms with Gasteiger partial charge in [0.05, 0.1) is 6.20 Å². The summed E-state index contributed by atoms with van der Waals surface area (Å²) in [6.45, 7) is 0.414. The number of aromatic nitrogens is 3. The zero-order chi connectivity index (χ0) is 13.9. The Hall–Kier alpha value is -2.12. The molecule has 3 N–H and O–H groups in total. The van der Waals surface area contributed by atoms with Crippen LogP contribution in [0.4, 0.5) is 5.82 Å². The van der Waals surface area contributed by atoms with Crippen molar-refractivity contribution in [1.29, 1.82) is 0 Å². The first-order chi connectivity index (χ1) is 9.76. The van der Waals surface area contributed by atoms with Gasteiger partial charge in [0.2, 0.25) is 5.65 Å². The molecule has 20 heavy (non-hydrogen) atoms. The number of imidazole rings is 1. The van der Waals surface area contributed by atoms with E-state index in [4.69, 9.17) is 10.6 Å². The topological polar surface area (TPSA) is 77.5 Å². The highest BCUT2D eigenvalue weighted by Gasteiger charge is 2.08. The molecule has 0 bridgehead atoms. The predicted molar refractivity (Wildman–Crippen MR) is 79.3 cm³/mol. The summed E-state index contributed by atoms with van der Waals surface area (Å²) in [6.07, 6.45) is 5.24. The Morgan fingerprint density at radius 3 is 2.85 bits per heavy atom. The van der Waals surface area contributed by atoms with Gasteiger partial charge in [-0.1, -0.05) is 28.1 Å². The molecule has 0 aliphatic carbocycles. The fourth-order valence-electron chi connectivity index (χ4n) is 1.80. The van der Waals surface area contributed by atoms with Gasteiger partial charge in [0, 0.05) is 16.9 Å². The second kappa shape index (κ2) is 5.48. The van der Waals surface area contributed by atoms with Gasteiger partial charge in [0.1, 0.15) is 6.61 Å². The van der Waals surface area contributed by atoms with Crippen LogP contribution in [0, 0.1) is 0 Å². The van der Waals surface area contributed by atoms with Crippen LogP contribution < -0.4 is 16.0 Å². The minimum atomic E-state index is 0.414. The van der Waals surface area contributed by atoms with E-state index >= 15 is 0 Å². The van der Waals surface area contributed by atoms with E-state index in [1.807, 2.05) is 30.5 Å². The number of ether oxygens (including phenoxy) is 1. The van der Waals surface area contributed by atoms with Crippen molar-refractivity contribution in [2.75, 3.05) is 5.43 Å². The molecule has 3 rings (SSSR count). The van der Waals surface area contributed by atoms with E-state index in [0.717, 1.165) is 10.0 Å². The van der Waals surface area contributed by atoms with Crippen molar-refractivity contribution in [2.45, 2.75) is 6.61 Å². The molecular formula is C13H12BrN5O. The normalized spacial score (nSPS) is 10.7. The van der Waals surface area contributed by atoms with Crippen LogP contribution in [0.2, 0.25) is 0 Å². The summed E-state index contributed by atoms with van der Waals surface area (Å²) in [5.74, 6) is 6.35. The lowest BCUT2D eigenvalue weighted by atomic mass is 10.2. The molecule has 0 saturated heterocycles. The molecule has 0 unspecified atom stereocenters. The van der Waals surface area contributed by atoms with E-state index in [0.29, 0.717) is 24.0 Å². The Kier molecular flexibility index (Phi) is 3.53. The summed E-state index contributed by atoms with van der Waals surface area (Å²) >= 11 is 3.40. The quantitative estimate of drug-likeness (QED) is 0.566. The van der Waals surface area contributed by atoms with Crippen LogP contribution in [0.15, 0.2) is 47.3 Å². The van der Waals surface area contributed by atoms with Crippen molar-refractivity contribution in [1.82, 2.24) is 14.4 Å². The maximum atomic E-state index is 5.74. The molecule has 2 aromatic heterocycles. The smallest absolute Gasteiger partial charge is 0.260 e. The highest BCUT2D eigenvalue weighted by molar-refractivity contribution is 9.10. The standard InChI is InChI=1S/C13H12BrN5O/c14-10-3-1-9(2-4-10)8-20-13-12-16-5-6-19(12)7-11(17-13)18-15/h1-7,18H,8,15H2. The second-order valence-electron chi connectivity index (χ2n) is 4.15. The summed E-state index contributed by atoms with van der Waals surface area (Å²) in [5.41, 5.74) is 4.21. The van der Waals surface area contributed by atoms with Crippen LogP contribution in [0.25, 0.3) is 5.65 Å². The summed E-state index contributed by atoms with van der Waals surface area (Å²) in [5, 5.41) is 0. The summed E-state index contributed by atoms with van der Waals surface area (Å²) in [6, 6.07) is 7.90. The molecule has 1 aromatic carbocycles. The zero-order valence-corrected chi connectivity index (χ0v) is 12.0. The molecule has 0 spiro atoms. The molecule has 2 heterocycles. The molecule has 0 aliphatic heterocycles. The Morgan fingerprint density at radius 2 is 2.10 bits per heavy atom. The van der Waals surface area contributed by atoms with E-state index in [1.54, 1.807) is 16.8 Å². The molecule has 7 heteroatoms. The number of anilines is 1. The van der Waals surface area contributed by atoms with Crippen LogP contribution in [0.3, 0.4) is 0 Å². The van der Waals surface area contributed by atoms with Gasteiger partial charge < -0.3 is 10.2 Å². The van der Waals surface area contributed by atoms with E-state index in [1.165, 1.54) is 0 Å². The highest BCUT2D eigenvalue weighted by atomic mass is 79.9. The van der Waals surface area contributed by atoms with Gasteiger partial charge in [0.25, 0.3) is 5.88 Å². The maximum Gasteiger partial charge on any atom is 0.260 e. The van der Waals surface area contributed by atoms with Crippen LogP contribution in [-0.2, 0) is 6.61 Å². The first kappa shape index (κ1) is 12.9. The summed E-state index contributed by atoms with van der Waals surface area (Å²) in [7, 11) is 0. The lowest BCUT2D eigenvalue weighted by Crippen LogP contribution is -2.10. The number of hydrazine groups is 1. The Morgan fingerprint density at radius 1 is 1.30 bits per heavy atom. The van der Waals surface area contributed by atoms with Crippen molar-refractivity contribution < 1.29 is 4.74 Å². The number of hydrogen-bond acceptors (Lipinski definition) is 5. The SMILES string of the molecule is NNc1cn2ccnc2c(OCc2ccc(Br)cc2)n1. The van der Waals surface area contributed by atoms with Gasteiger partial charge in [-0.05, 0) is 17.7 Å². The lowest BCUT2D eigenvalue weighted by molar-refractivity contribution is 0.296. The molecular weight excluding hydrogens is 322 g/mol. The molecule has 0 aliphatic rings. The molecule has 6 nitrogen and oxygen atoms in total. The minimum absolute atomic E-state index is 0.414. The van der Waals surface area contributed by atoms with E-state index in [9.17, 15) is 0 Å². The van der Waals surface area contributed by atoms with Gasteiger partial charge in [-0.15, -0.1) is 0 Å². The Labute approximate surface area is 123 Å². The minimum Gasteiger partial charge on any atom is -0.470 e. The predicted octanol–water partition coefficient (Wildman–Crippen LogP) is 2.36. The first-order valence-corrected chi connectivity index (χ1v) is 6.73. The molecule has 102 valence electrons. The first-order valence-electron chi connectivity index (χ1n) is 5.94. The van der Waals surface area contributed by atoms with Gasteiger partial charge >= 0.3 is 0 Å². The average Bonchev–Trinajstić information content (AvgIpc) is 2.94. The van der Waals surface area contributed by atoms with Crippen molar-refractivity contribution in [3.8, 4) is 5.88 Å². The second-order valence-corrected chi connectivity index (χ2v) is 5.06. The fourth-order valence-corrected chi connectivity index (χ4v) is 2.07. The van der Waals surface area contributed by atoms with Crippen molar-refractivity contribution in [3.05, 3.63) is 52.9 Å². The number of nitrogens with two attached hydrogens (primary N) is 1. The largest absolute Gasteiger partial charge is 0.470 e. The van der Waals surface area contributed by atoms with Gasteiger partial charge in [-0.25, -0.2) is 10.8 Å². The third-order valence-corrected chi connectivity index (χ3v) is 3.31. The highest BCUT2D eigenvalue weighted by Crippen LogP contribution is 2.20. The van der Waals surface area contributed by atoms with Crippen LogP contribution in [0.1, 0.15) is 5.56 Å². The van der Waals surface area contributed by atoms with E-state index in [2.05, 4.69) is 31.3 Å². The fraction of sp³-hybridized carbons (Fsp3) is 0.0769. The average molecular weight is 334 g/mol. The zero-order valence-electron chi connectivity index (χ0n) is 10.5. The maximum absolute atomic E-state index is 5.74. The number of nitrogen functional groups attached to an aromatic ring is 1. The van der Waals surface area contributed by atoms with Gasteiger partial charge in [-0.2, -0.15) is 4.98 Å². The van der Waals surface area contributed by atoms with Crippen LogP contribution in [0.5, 0.6) is 5.88 Å². The lowest BCUT2D eigenvalue weighted by Gasteiger charge is -2.08. The third kappa shape index (κ3) is 2.59. The number of benzene rings is 1. The molecule has 0 radical (unpaired) electrons. The van der Waals surface area contributed by atoms with E-state index in [-0.39, 0.29) is 0 Å². The number of rotatable bonds is 4. The number of halogens is 1. The van der Waals surface area contributed by atoms with Gasteiger partial charge in [-0.3, -0.25) is 4.40 Å². The van der Waals surface area contributed by atoms with Crippen LogP contribution >= 0.6 is 15.9 Å². The van der Waals surface area contributed by atoms with E-state index < -0.39 is 0 Å². The number of nitrogens with one attached hydrogen (secondary N) is 1. The van der Waals surface area contributed by atoms with Gasteiger partial charge in [0.15, 0.2) is 5.82 Å². The molecule has 0 saturated carbocycles. The molecule has 0 fully saturated rings. The van der Waals surface area contributed by atoms with Crippen molar-refractivity contribution >= 4 is 27.4 Å². The number of fused-ring (bicyclic) bond motifs is 1.